The van der Waals surface area contributed by atoms with E-state index < -0.39 is 0 Å². The van der Waals surface area contributed by atoms with Crippen LogP contribution in [-0.2, 0) is 6.54 Å². The van der Waals surface area contributed by atoms with Crippen molar-refractivity contribution in [1.29, 1.82) is 0 Å². The highest BCUT2D eigenvalue weighted by Crippen LogP contribution is 2.27. The number of hydrogen-bond donors (Lipinski definition) is 2. The first kappa shape index (κ1) is 14.7. The van der Waals surface area contributed by atoms with Gasteiger partial charge in [-0.3, -0.25) is 0 Å². The van der Waals surface area contributed by atoms with E-state index in [-0.39, 0.29) is 12.1 Å². The lowest BCUT2D eigenvalue weighted by molar-refractivity contribution is 0.163. The van der Waals surface area contributed by atoms with Crippen molar-refractivity contribution in [2.75, 3.05) is 6.61 Å². The highest BCUT2D eigenvalue weighted by Gasteiger charge is 2.21. The molecule has 104 valence electrons. The number of aliphatic hydroxyl groups is 1. The molecule has 0 saturated heterocycles. The summed E-state index contributed by atoms with van der Waals surface area (Å²) < 4.78 is 0. The van der Waals surface area contributed by atoms with E-state index in [1.165, 1.54) is 10.4 Å². The van der Waals surface area contributed by atoms with Gasteiger partial charge in [-0.2, -0.15) is 11.3 Å². The smallest absolute Gasteiger partial charge is 0.124 e. The maximum Gasteiger partial charge on any atom is 0.124 e. The predicted molar refractivity (Wildman–Crippen MR) is 82.7 cm³/mol. The number of hydrogen-bond acceptors (Lipinski definition) is 5. The summed E-state index contributed by atoms with van der Waals surface area (Å²) in [6, 6.07) is 2.09. The lowest BCUT2D eigenvalue weighted by Gasteiger charge is -2.28. The Hall–Kier alpha value is -0.750. The molecule has 2 aromatic heterocycles. The average Bonchev–Trinajstić information content (AvgIpc) is 3.07. The van der Waals surface area contributed by atoms with Crippen LogP contribution in [0.15, 0.2) is 23.0 Å². The number of rotatable bonds is 7. The van der Waals surface area contributed by atoms with Gasteiger partial charge in [0.1, 0.15) is 5.01 Å². The summed E-state index contributed by atoms with van der Waals surface area (Å²) in [5, 5.41) is 18.2. The lowest BCUT2D eigenvalue weighted by Crippen LogP contribution is -2.44. The summed E-state index contributed by atoms with van der Waals surface area (Å²) in [6.45, 7) is 5.13. The third-order valence-electron chi connectivity index (χ3n) is 3.16. The number of aromatic nitrogens is 1. The van der Waals surface area contributed by atoms with Crippen LogP contribution in [-0.4, -0.2) is 22.2 Å². The highest BCUT2D eigenvalue weighted by molar-refractivity contribution is 7.15. The van der Waals surface area contributed by atoms with Crippen LogP contribution in [0.3, 0.4) is 0 Å². The fourth-order valence-electron chi connectivity index (χ4n) is 1.98. The normalized spacial score (nSPS) is 14.5. The van der Waals surface area contributed by atoms with Gasteiger partial charge < -0.3 is 10.4 Å². The van der Waals surface area contributed by atoms with Crippen molar-refractivity contribution in [3.05, 3.63) is 27.9 Å². The van der Waals surface area contributed by atoms with E-state index in [0.717, 1.165) is 24.4 Å². The van der Waals surface area contributed by atoms with E-state index in [1.54, 1.807) is 22.7 Å². The second kappa shape index (κ2) is 6.61. The molecule has 0 aromatic carbocycles. The van der Waals surface area contributed by atoms with Crippen LogP contribution in [0.2, 0.25) is 0 Å². The molecular formula is C14H20N2OS2. The van der Waals surface area contributed by atoms with Gasteiger partial charge in [-0.05, 0) is 24.8 Å². The van der Waals surface area contributed by atoms with Crippen LogP contribution in [0.25, 0.3) is 10.6 Å². The van der Waals surface area contributed by atoms with Crippen molar-refractivity contribution < 1.29 is 5.11 Å². The zero-order valence-corrected chi connectivity index (χ0v) is 13.0. The summed E-state index contributed by atoms with van der Waals surface area (Å²) in [4.78, 5) is 5.66. The monoisotopic (exact) mass is 296 g/mol. The number of nitrogens with zero attached hydrogens (tertiary/aromatic N) is 1. The van der Waals surface area contributed by atoms with Gasteiger partial charge in [-0.15, -0.1) is 11.3 Å². The van der Waals surface area contributed by atoms with Gasteiger partial charge in [-0.25, -0.2) is 4.98 Å². The number of aliphatic hydroxyl groups excluding tert-OH is 1. The van der Waals surface area contributed by atoms with Crippen molar-refractivity contribution in [1.82, 2.24) is 10.3 Å². The molecule has 0 aliphatic carbocycles. The minimum absolute atomic E-state index is 0.164. The molecule has 0 aliphatic heterocycles. The Kier molecular flexibility index (Phi) is 5.10. The number of nitrogens with one attached hydrogen (secondary N) is 1. The van der Waals surface area contributed by atoms with Crippen LogP contribution in [0, 0.1) is 0 Å². The molecule has 0 amide bonds. The van der Waals surface area contributed by atoms with E-state index in [0.29, 0.717) is 0 Å². The highest BCUT2D eigenvalue weighted by atomic mass is 32.1. The van der Waals surface area contributed by atoms with Gasteiger partial charge in [-0.1, -0.05) is 13.3 Å². The van der Waals surface area contributed by atoms with Gasteiger partial charge in [0, 0.05) is 34.1 Å². The molecule has 0 saturated carbocycles. The predicted octanol–water partition coefficient (Wildman–Crippen LogP) is 3.51. The van der Waals surface area contributed by atoms with E-state index in [9.17, 15) is 5.11 Å². The first-order valence-corrected chi connectivity index (χ1v) is 8.26. The summed E-state index contributed by atoms with van der Waals surface area (Å²) in [5.74, 6) is 0. The zero-order valence-electron chi connectivity index (χ0n) is 11.3. The molecule has 2 rings (SSSR count). The second-order valence-electron chi connectivity index (χ2n) is 4.97. The first-order valence-electron chi connectivity index (χ1n) is 6.50. The SMILES string of the molecule is CCCC(C)(CO)NCc1cnc(-c2ccsc2)s1. The van der Waals surface area contributed by atoms with Crippen molar-refractivity contribution in [3.8, 4) is 10.6 Å². The van der Waals surface area contributed by atoms with Crippen molar-refractivity contribution in [2.45, 2.75) is 38.8 Å². The summed E-state index contributed by atoms with van der Waals surface area (Å²) in [6.07, 6.45) is 3.96. The fourth-order valence-corrected chi connectivity index (χ4v) is 3.55. The standard InChI is InChI=1S/C14H20N2OS2/c1-3-5-14(2,10-17)16-8-12-7-15-13(19-12)11-4-6-18-9-11/h4,6-7,9,16-17H,3,5,8,10H2,1-2H3. The number of thiazole rings is 1. The third-order valence-corrected chi connectivity index (χ3v) is 4.89. The molecule has 2 heterocycles. The minimum Gasteiger partial charge on any atom is -0.394 e. The molecule has 0 spiro atoms. The summed E-state index contributed by atoms with van der Waals surface area (Å²) in [7, 11) is 0. The van der Waals surface area contributed by atoms with E-state index in [1.807, 2.05) is 6.20 Å². The van der Waals surface area contributed by atoms with E-state index in [2.05, 4.69) is 41.0 Å². The van der Waals surface area contributed by atoms with Crippen LogP contribution < -0.4 is 5.32 Å². The molecular weight excluding hydrogens is 276 g/mol. The second-order valence-corrected chi connectivity index (χ2v) is 6.86. The van der Waals surface area contributed by atoms with Gasteiger partial charge >= 0.3 is 0 Å². The maximum absolute atomic E-state index is 9.48. The van der Waals surface area contributed by atoms with Gasteiger partial charge in [0.2, 0.25) is 0 Å². The van der Waals surface area contributed by atoms with Crippen LogP contribution in [0.4, 0.5) is 0 Å². The fraction of sp³-hybridized carbons (Fsp3) is 0.500. The molecule has 2 aromatic rings. The molecule has 5 heteroatoms. The molecule has 1 unspecified atom stereocenters. The molecule has 2 N–H and O–H groups in total. The van der Waals surface area contributed by atoms with Crippen LogP contribution in [0.5, 0.6) is 0 Å². The number of thiophene rings is 1. The van der Waals surface area contributed by atoms with E-state index >= 15 is 0 Å². The summed E-state index contributed by atoms with van der Waals surface area (Å²) >= 11 is 3.40. The molecule has 3 nitrogen and oxygen atoms in total. The molecule has 0 bridgehead atoms. The molecule has 0 aliphatic rings. The van der Waals surface area contributed by atoms with Gasteiger partial charge in [0.05, 0.1) is 6.61 Å². The third kappa shape index (κ3) is 3.86. The average molecular weight is 296 g/mol. The van der Waals surface area contributed by atoms with Crippen molar-refractivity contribution in [3.63, 3.8) is 0 Å². The van der Waals surface area contributed by atoms with Crippen LogP contribution >= 0.6 is 22.7 Å². The Balaban J connectivity index is 1.97. The topological polar surface area (TPSA) is 45.1 Å². The Morgan fingerprint density at radius 2 is 2.32 bits per heavy atom. The quantitative estimate of drug-likeness (QED) is 0.822. The largest absolute Gasteiger partial charge is 0.394 e. The Bertz CT molecular complexity index is 495. The van der Waals surface area contributed by atoms with Gasteiger partial charge in [0.15, 0.2) is 0 Å². The van der Waals surface area contributed by atoms with E-state index in [4.69, 9.17) is 0 Å². The first-order chi connectivity index (χ1) is 9.17. The molecule has 0 radical (unpaired) electrons. The van der Waals surface area contributed by atoms with Crippen LogP contribution in [0.1, 0.15) is 31.6 Å². The summed E-state index contributed by atoms with van der Waals surface area (Å²) in [5.41, 5.74) is 1.00. The molecule has 19 heavy (non-hydrogen) atoms. The minimum atomic E-state index is -0.193. The Morgan fingerprint density at radius 1 is 1.47 bits per heavy atom. The Labute approximate surface area is 122 Å². The maximum atomic E-state index is 9.48. The molecule has 1 atom stereocenters. The van der Waals surface area contributed by atoms with Crippen molar-refractivity contribution >= 4 is 22.7 Å². The molecule has 0 fully saturated rings. The zero-order chi connectivity index (χ0) is 13.7. The lowest BCUT2D eigenvalue weighted by atomic mass is 9.97. The Morgan fingerprint density at radius 3 is 2.95 bits per heavy atom. The van der Waals surface area contributed by atoms with Gasteiger partial charge in [0.25, 0.3) is 0 Å². The van der Waals surface area contributed by atoms with Crippen molar-refractivity contribution in [2.24, 2.45) is 0 Å².